The van der Waals surface area contributed by atoms with Gasteiger partial charge in [0.15, 0.2) is 6.04 Å². The van der Waals surface area contributed by atoms with Gasteiger partial charge >= 0.3 is 0 Å². The van der Waals surface area contributed by atoms with Gasteiger partial charge in [-0.05, 0) is 24.3 Å². The quantitative estimate of drug-likeness (QED) is 0.588. The lowest BCUT2D eigenvalue weighted by Gasteiger charge is -2.10. The minimum atomic E-state index is -1.54. The summed E-state index contributed by atoms with van der Waals surface area (Å²) in [6.45, 7) is 0. The predicted molar refractivity (Wildman–Crippen MR) is 92.6 cm³/mol. The van der Waals surface area contributed by atoms with Gasteiger partial charge in [0.1, 0.15) is 5.01 Å². The second kappa shape index (κ2) is 6.38. The zero-order valence-corrected chi connectivity index (χ0v) is 13.8. The summed E-state index contributed by atoms with van der Waals surface area (Å²) in [7, 11) is 0. The van der Waals surface area contributed by atoms with Gasteiger partial charge in [-0.2, -0.15) is 0 Å². The zero-order valence-electron chi connectivity index (χ0n) is 12.2. The summed E-state index contributed by atoms with van der Waals surface area (Å²) in [6, 6.07) is 9.56. The summed E-state index contributed by atoms with van der Waals surface area (Å²) in [5.74, 6) is -2.59. The Bertz CT molecular complexity index is 900. The second-order valence-electron chi connectivity index (χ2n) is 4.86. The van der Waals surface area contributed by atoms with Crippen molar-refractivity contribution in [1.82, 2.24) is 10.3 Å². The molecule has 0 saturated heterocycles. The van der Waals surface area contributed by atoms with Crippen LogP contribution in [0.5, 0.6) is 0 Å². The Labute approximate surface area is 144 Å². The molecule has 0 fully saturated rings. The third kappa shape index (κ3) is 3.12. The number of para-hydroxylation sites is 1. The number of carbonyl (C=O) groups is 3. The van der Waals surface area contributed by atoms with Gasteiger partial charge in [-0.1, -0.05) is 12.1 Å². The molecule has 2 heterocycles. The minimum absolute atomic E-state index is 0.330. The normalized spacial score (nSPS) is 10.9. The van der Waals surface area contributed by atoms with E-state index >= 15 is 0 Å². The Morgan fingerprint density at radius 2 is 1.71 bits per heavy atom. The highest BCUT2D eigenvalue weighted by Gasteiger charge is 2.25. The Balaban J connectivity index is 1.83. The van der Waals surface area contributed by atoms with E-state index in [1.165, 1.54) is 22.7 Å². The van der Waals surface area contributed by atoms with Gasteiger partial charge in [-0.25, -0.2) is 4.98 Å². The van der Waals surface area contributed by atoms with E-state index in [0.717, 1.165) is 20.1 Å². The third-order valence-corrected chi connectivity index (χ3v) is 5.47. The smallest absolute Gasteiger partial charge is 0.262 e. The number of rotatable bonds is 5. The molecule has 3 amide bonds. The number of thiazole rings is 1. The number of carbonyl (C=O) groups excluding carboxylic acids is 3. The fraction of sp³-hybridized carbons (Fsp3) is 0.0667. The molecule has 24 heavy (non-hydrogen) atoms. The predicted octanol–water partition coefficient (Wildman–Crippen LogP) is 1.09. The van der Waals surface area contributed by atoms with Crippen molar-refractivity contribution in [2.24, 2.45) is 11.5 Å². The summed E-state index contributed by atoms with van der Waals surface area (Å²) in [5, 5.41) is 3.02. The van der Waals surface area contributed by atoms with E-state index in [-0.39, 0.29) is 0 Å². The van der Waals surface area contributed by atoms with Gasteiger partial charge in [0.05, 0.1) is 20.0 Å². The molecule has 0 bridgehead atoms. The first-order valence-electron chi connectivity index (χ1n) is 6.81. The fourth-order valence-corrected chi connectivity index (χ4v) is 3.97. The van der Waals surface area contributed by atoms with Crippen LogP contribution in [0.4, 0.5) is 0 Å². The molecule has 0 aliphatic carbocycles. The van der Waals surface area contributed by atoms with Crippen molar-refractivity contribution in [3.63, 3.8) is 0 Å². The van der Waals surface area contributed by atoms with E-state index in [0.29, 0.717) is 4.88 Å². The zero-order chi connectivity index (χ0) is 17.3. The minimum Gasteiger partial charge on any atom is -0.367 e. The molecular weight excluding hydrogens is 348 g/mol. The molecule has 7 nitrogen and oxygen atoms in total. The SMILES string of the molecule is NC(=O)C(NC(=O)c1ccc(-c2nc3ccccc3s2)s1)C(N)=O. The summed E-state index contributed by atoms with van der Waals surface area (Å²) in [4.78, 5) is 40.1. The van der Waals surface area contributed by atoms with Crippen LogP contribution in [-0.2, 0) is 9.59 Å². The molecule has 0 atom stereocenters. The lowest BCUT2D eigenvalue weighted by molar-refractivity contribution is -0.128. The standard InChI is InChI=1S/C15H12N4O3S2/c16-12(20)11(13(17)21)19-14(22)9-5-6-10(23-9)15-18-7-3-1-2-4-8(7)24-15/h1-6,11H,(H2,16,20)(H2,17,21)(H,19,22). The van der Waals surface area contributed by atoms with Crippen molar-refractivity contribution in [2.45, 2.75) is 6.04 Å². The molecule has 0 aliphatic rings. The van der Waals surface area contributed by atoms with Crippen LogP contribution in [0.1, 0.15) is 9.67 Å². The van der Waals surface area contributed by atoms with Crippen LogP contribution in [-0.4, -0.2) is 28.7 Å². The Hall–Kier alpha value is -2.78. The lowest BCUT2D eigenvalue weighted by atomic mass is 10.2. The summed E-state index contributed by atoms with van der Waals surface area (Å²) in [6.07, 6.45) is 0. The Morgan fingerprint density at radius 3 is 2.38 bits per heavy atom. The lowest BCUT2D eigenvalue weighted by Crippen LogP contribution is -2.52. The number of amides is 3. The van der Waals surface area contributed by atoms with E-state index in [4.69, 9.17) is 11.5 Å². The number of thiophene rings is 1. The molecule has 0 unspecified atom stereocenters. The number of aromatic nitrogens is 1. The number of hydrogen-bond acceptors (Lipinski definition) is 6. The molecule has 0 saturated carbocycles. The Morgan fingerprint density at radius 1 is 1.00 bits per heavy atom. The number of fused-ring (bicyclic) bond motifs is 1. The molecule has 122 valence electrons. The molecule has 3 rings (SSSR count). The van der Waals surface area contributed by atoms with Crippen molar-refractivity contribution < 1.29 is 14.4 Å². The third-order valence-electron chi connectivity index (χ3n) is 3.18. The monoisotopic (exact) mass is 360 g/mol. The van der Waals surface area contributed by atoms with Gasteiger partial charge in [0.25, 0.3) is 5.91 Å². The molecule has 0 spiro atoms. The van der Waals surface area contributed by atoms with E-state index in [1.54, 1.807) is 12.1 Å². The highest BCUT2D eigenvalue weighted by molar-refractivity contribution is 7.26. The van der Waals surface area contributed by atoms with Gasteiger partial charge in [-0.3, -0.25) is 14.4 Å². The first-order chi connectivity index (χ1) is 11.5. The van der Waals surface area contributed by atoms with Crippen LogP contribution in [0.2, 0.25) is 0 Å². The van der Waals surface area contributed by atoms with Crippen molar-refractivity contribution in [3.8, 4) is 9.88 Å². The molecule has 9 heteroatoms. The Kier molecular flexibility index (Phi) is 4.28. The van der Waals surface area contributed by atoms with Crippen LogP contribution in [0.25, 0.3) is 20.1 Å². The fourth-order valence-electron chi connectivity index (χ4n) is 2.04. The van der Waals surface area contributed by atoms with Crippen LogP contribution < -0.4 is 16.8 Å². The summed E-state index contributed by atoms with van der Waals surface area (Å²) < 4.78 is 1.05. The van der Waals surface area contributed by atoms with Gasteiger partial charge in [-0.15, -0.1) is 22.7 Å². The average molecular weight is 360 g/mol. The van der Waals surface area contributed by atoms with Gasteiger partial charge < -0.3 is 16.8 Å². The van der Waals surface area contributed by atoms with E-state index in [2.05, 4.69) is 10.3 Å². The molecule has 5 N–H and O–H groups in total. The first kappa shape index (κ1) is 16.1. The summed E-state index contributed by atoms with van der Waals surface area (Å²) in [5.41, 5.74) is 11.0. The molecule has 0 radical (unpaired) electrons. The van der Waals surface area contributed by atoms with E-state index in [1.807, 2.05) is 24.3 Å². The summed E-state index contributed by atoms with van der Waals surface area (Å²) >= 11 is 2.72. The highest BCUT2D eigenvalue weighted by atomic mass is 32.1. The molecule has 1 aromatic carbocycles. The van der Waals surface area contributed by atoms with E-state index < -0.39 is 23.8 Å². The average Bonchev–Trinajstić information content (AvgIpc) is 3.17. The number of hydrogen-bond donors (Lipinski definition) is 3. The van der Waals surface area contributed by atoms with Crippen molar-refractivity contribution in [2.75, 3.05) is 0 Å². The van der Waals surface area contributed by atoms with Gasteiger partial charge in [0, 0.05) is 0 Å². The number of benzene rings is 1. The maximum atomic E-state index is 12.1. The van der Waals surface area contributed by atoms with Crippen molar-refractivity contribution in [1.29, 1.82) is 0 Å². The van der Waals surface area contributed by atoms with Crippen LogP contribution in [0, 0.1) is 0 Å². The van der Waals surface area contributed by atoms with Crippen molar-refractivity contribution >= 4 is 50.6 Å². The van der Waals surface area contributed by atoms with Crippen molar-refractivity contribution in [3.05, 3.63) is 41.3 Å². The molecule has 0 aliphatic heterocycles. The number of nitrogens with two attached hydrogens (primary N) is 2. The largest absolute Gasteiger partial charge is 0.367 e. The highest BCUT2D eigenvalue weighted by Crippen LogP contribution is 2.34. The van der Waals surface area contributed by atoms with E-state index in [9.17, 15) is 14.4 Å². The maximum Gasteiger partial charge on any atom is 0.262 e. The van der Waals surface area contributed by atoms with Crippen LogP contribution >= 0.6 is 22.7 Å². The van der Waals surface area contributed by atoms with Gasteiger partial charge in [0.2, 0.25) is 11.8 Å². The number of nitrogens with zero attached hydrogens (tertiary/aromatic N) is 1. The molecule has 2 aromatic heterocycles. The number of primary amides is 2. The van der Waals surface area contributed by atoms with Crippen LogP contribution in [0.3, 0.4) is 0 Å². The number of nitrogens with one attached hydrogen (secondary N) is 1. The topological polar surface area (TPSA) is 128 Å². The molecular formula is C15H12N4O3S2. The molecule has 3 aromatic rings. The first-order valence-corrected chi connectivity index (χ1v) is 8.44. The van der Waals surface area contributed by atoms with Crippen LogP contribution in [0.15, 0.2) is 36.4 Å². The second-order valence-corrected chi connectivity index (χ2v) is 6.98. The maximum absolute atomic E-state index is 12.1.